The average molecular weight is 346 g/mol. The van der Waals surface area contributed by atoms with Gasteiger partial charge in [-0.2, -0.15) is 15.0 Å². The first-order valence-corrected chi connectivity index (χ1v) is 7.03. The Balaban J connectivity index is 1.76. The van der Waals surface area contributed by atoms with Crippen LogP contribution in [0.1, 0.15) is 10.5 Å². The van der Waals surface area contributed by atoms with E-state index in [2.05, 4.69) is 31.4 Å². The van der Waals surface area contributed by atoms with Gasteiger partial charge in [0.1, 0.15) is 5.69 Å². The number of aryl methyl sites for hydroxylation is 1. The SMILES string of the molecule is Cn1cc(Br)cc1C(=O)Nc1ccc(-n2nccn2)cc1. The first-order valence-electron chi connectivity index (χ1n) is 6.23. The molecular weight excluding hydrogens is 334 g/mol. The van der Waals surface area contributed by atoms with Crippen molar-refractivity contribution < 1.29 is 4.79 Å². The van der Waals surface area contributed by atoms with Crippen LogP contribution in [0.4, 0.5) is 5.69 Å². The van der Waals surface area contributed by atoms with Gasteiger partial charge in [0.2, 0.25) is 0 Å². The van der Waals surface area contributed by atoms with E-state index in [4.69, 9.17) is 0 Å². The summed E-state index contributed by atoms with van der Waals surface area (Å²) in [5.74, 6) is -0.159. The van der Waals surface area contributed by atoms with E-state index in [9.17, 15) is 4.79 Å². The Labute approximate surface area is 129 Å². The Morgan fingerprint density at radius 2 is 1.86 bits per heavy atom. The van der Waals surface area contributed by atoms with E-state index in [-0.39, 0.29) is 5.91 Å². The zero-order valence-electron chi connectivity index (χ0n) is 11.2. The highest BCUT2D eigenvalue weighted by Crippen LogP contribution is 2.16. The van der Waals surface area contributed by atoms with Gasteiger partial charge < -0.3 is 9.88 Å². The normalized spacial score (nSPS) is 10.6. The molecule has 106 valence electrons. The minimum absolute atomic E-state index is 0.159. The van der Waals surface area contributed by atoms with Crippen molar-refractivity contribution in [1.82, 2.24) is 19.6 Å². The standard InChI is InChI=1S/C14H12BrN5O/c1-19-9-10(15)8-13(19)14(21)18-11-2-4-12(5-3-11)20-16-6-7-17-20/h2-9H,1H3,(H,18,21). The van der Waals surface area contributed by atoms with Crippen molar-refractivity contribution in [3.8, 4) is 5.69 Å². The molecule has 6 nitrogen and oxygen atoms in total. The fourth-order valence-electron chi connectivity index (χ4n) is 1.97. The Morgan fingerprint density at radius 1 is 1.19 bits per heavy atom. The second kappa shape index (κ2) is 5.53. The van der Waals surface area contributed by atoms with Crippen LogP contribution in [0.3, 0.4) is 0 Å². The van der Waals surface area contributed by atoms with E-state index in [0.29, 0.717) is 11.4 Å². The van der Waals surface area contributed by atoms with Crippen molar-refractivity contribution in [2.24, 2.45) is 7.05 Å². The molecular formula is C14H12BrN5O. The van der Waals surface area contributed by atoms with E-state index in [0.717, 1.165) is 10.2 Å². The van der Waals surface area contributed by atoms with E-state index in [1.54, 1.807) is 23.0 Å². The lowest BCUT2D eigenvalue weighted by Gasteiger charge is -2.07. The molecule has 0 radical (unpaired) electrons. The largest absolute Gasteiger partial charge is 0.345 e. The predicted octanol–water partition coefficient (Wildman–Crippen LogP) is 2.62. The fraction of sp³-hybridized carbons (Fsp3) is 0.0714. The minimum Gasteiger partial charge on any atom is -0.345 e. The molecule has 7 heteroatoms. The van der Waals surface area contributed by atoms with Crippen LogP contribution < -0.4 is 5.32 Å². The van der Waals surface area contributed by atoms with Gasteiger partial charge in [0.15, 0.2) is 0 Å². The van der Waals surface area contributed by atoms with Crippen LogP contribution >= 0.6 is 15.9 Å². The molecule has 1 aromatic carbocycles. The van der Waals surface area contributed by atoms with Crippen LogP contribution in [-0.2, 0) is 7.05 Å². The third-order valence-corrected chi connectivity index (χ3v) is 3.41. The van der Waals surface area contributed by atoms with Gasteiger partial charge in [0.25, 0.3) is 5.91 Å². The average Bonchev–Trinajstić information content (AvgIpc) is 3.09. The number of hydrogen-bond acceptors (Lipinski definition) is 3. The van der Waals surface area contributed by atoms with Gasteiger partial charge in [-0.3, -0.25) is 4.79 Å². The Hall–Kier alpha value is -2.41. The van der Waals surface area contributed by atoms with Crippen LogP contribution in [0.5, 0.6) is 0 Å². The monoisotopic (exact) mass is 345 g/mol. The number of aromatic nitrogens is 4. The molecule has 0 saturated heterocycles. The third-order valence-electron chi connectivity index (χ3n) is 2.98. The molecule has 0 atom stereocenters. The van der Waals surface area contributed by atoms with Gasteiger partial charge in [-0.25, -0.2) is 0 Å². The number of benzene rings is 1. The molecule has 0 fully saturated rings. The van der Waals surface area contributed by atoms with Crippen molar-refractivity contribution in [3.63, 3.8) is 0 Å². The Morgan fingerprint density at radius 3 is 2.43 bits per heavy atom. The predicted molar refractivity (Wildman–Crippen MR) is 82.4 cm³/mol. The highest BCUT2D eigenvalue weighted by molar-refractivity contribution is 9.10. The summed E-state index contributed by atoms with van der Waals surface area (Å²) in [6.45, 7) is 0. The molecule has 3 rings (SSSR count). The van der Waals surface area contributed by atoms with E-state index >= 15 is 0 Å². The summed E-state index contributed by atoms with van der Waals surface area (Å²) < 4.78 is 2.64. The van der Waals surface area contributed by atoms with Crippen LogP contribution in [0.25, 0.3) is 5.69 Å². The molecule has 0 saturated carbocycles. The molecule has 0 spiro atoms. The fourth-order valence-corrected chi connectivity index (χ4v) is 2.50. The van der Waals surface area contributed by atoms with Gasteiger partial charge in [0.05, 0.1) is 18.1 Å². The Kier molecular flexibility index (Phi) is 3.57. The van der Waals surface area contributed by atoms with Crippen LogP contribution in [0.2, 0.25) is 0 Å². The number of nitrogens with zero attached hydrogens (tertiary/aromatic N) is 4. The maximum Gasteiger partial charge on any atom is 0.272 e. The minimum atomic E-state index is -0.159. The molecule has 3 aromatic rings. The molecule has 1 amide bonds. The number of halogens is 1. The summed E-state index contributed by atoms with van der Waals surface area (Å²) in [5.41, 5.74) is 2.13. The first-order chi connectivity index (χ1) is 10.1. The molecule has 2 aromatic heterocycles. The number of nitrogens with one attached hydrogen (secondary N) is 1. The number of carbonyl (C=O) groups is 1. The van der Waals surface area contributed by atoms with Crippen molar-refractivity contribution >= 4 is 27.5 Å². The number of carbonyl (C=O) groups excluding carboxylic acids is 1. The van der Waals surface area contributed by atoms with Gasteiger partial charge in [0, 0.05) is 23.4 Å². The molecule has 0 aliphatic carbocycles. The van der Waals surface area contributed by atoms with Gasteiger partial charge in [-0.15, -0.1) is 0 Å². The second-order valence-electron chi connectivity index (χ2n) is 4.47. The molecule has 0 aliphatic heterocycles. The van der Waals surface area contributed by atoms with E-state index < -0.39 is 0 Å². The number of anilines is 1. The highest BCUT2D eigenvalue weighted by atomic mass is 79.9. The zero-order chi connectivity index (χ0) is 14.8. The number of hydrogen-bond donors (Lipinski definition) is 1. The van der Waals surface area contributed by atoms with Crippen molar-refractivity contribution in [3.05, 3.63) is 59.1 Å². The summed E-state index contributed by atoms with van der Waals surface area (Å²) in [6.07, 6.45) is 5.06. The van der Waals surface area contributed by atoms with Crippen molar-refractivity contribution in [1.29, 1.82) is 0 Å². The first kappa shape index (κ1) is 13.6. The maximum atomic E-state index is 12.2. The molecule has 0 unspecified atom stereocenters. The quantitative estimate of drug-likeness (QED) is 0.793. The lowest BCUT2D eigenvalue weighted by Crippen LogP contribution is -2.15. The van der Waals surface area contributed by atoms with E-state index in [1.807, 2.05) is 37.5 Å². The maximum absolute atomic E-state index is 12.2. The highest BCUT2D eigenvalue weighted by Gasteiger charge is 2.11. The molecule has 0 bridgehead atoms. The second-order valence-corrected chi connectivity index (χ2v) is 5.39. The zero-order valence-corrected chi connectivity index (χ0v) is 12.8. The smallest absolute Gasteiger partial charge is 0.272 e. The van der Waals surface area contributed by atoms with Gasteiger partial charge in [-0.1, -0.05) is 0 Å². The summed E-state index contributed by atoms with van der Waals surface area (Å²) in [5, 5.41) is 11.0. The lowest BCUT2D eigenvalue weighted by molar-refractivity contribution is 0.101. The topological polar surface area (TPSA) is 64.7 Å². The number of rotatable bonds is 3. The Bertz CT molecular complexity index is 761. The van der Waals surface area contributed by atoms with Gasteiger partial charge in [-0.05, 0) is 46.3 Å². The summed E-state index contributed by atoms with van der Waals surface area (Å²) in [7, 11) is 1.83. The van der Waals surface area contributed by atoms with Crippen LogP contribution in [-0.4, -0.2) is 25.5 Å². The summed E-state index contributed by atoms with van der Waals surface area (Å²) in [4.78, 5) is 13.7. The summed E-state index contributed by atoms with van der Waals surface area (Å²) in [6, 6.07) is 9.09. The van der Waals surface area contributed by atoms with Crippen LogP contribution in [0.15, 0.2) is 53.4 Å². The van der Waals surface area contributed by atoms with Crippen LogP contribution in [0, 0.1) is 0 Å². The molecule has 21 heavy (non-hydrogen) atoms. The summed E-state index contributed by atoms with van der Waals surface area (Å²) >= 11 is 3.35. The number of amides is 1. The molecule has 1 N–H and O–H groups in total. The van der Waals surface area contributed by atoms with Crippen molar-refractivity contribution in [2.75, 3.05) is 5.32 Å². The third kappa shape index (κ3) is 2.87. The van der Waals surface area contributed by atoms with Crippen molar-refractivity contribution in [2.45, 2.75) is 0 Å². The molecule has 0 aliphatic rings. The lowest BCUT2D eigenvalue weighted by atomic mass is 10.2. The van der Waals surface area contributed by atoms with E-state index in [1.165, 1.54) is 4.80 Å². The molecule has 2 heterocycles. The van der Waals surface area contributed by atoms with Gasteiger partial charge >= 0.3 is 0 Å².